The molecule has 7 heteroatoms. The Morgan fingerprint density at radius 3 is 2.34 bits per heavy atom. The number of aromatic nitrogens is 1. The van der Waals surface area contributed by atoms with E-state index in [9.17, 15) is 13.2 Å². The molecule has 1 aliphatic heterocycles. The molecular weight excluding hydrogens is 422 g/mol. The molecule has 0 radical (unpaired) electrons. The van der Waals surface area contributed by atoms with Crippen molar-refractivity contribution in [2.45, 2.75) is 40.0 Å². The van der Waals surface area contributed by atoms with E-state index >= 15 is 0 Å². The first kappa shape index (κ1) is 22.1. The zero-order valence-electron chi connectivity index (χ0n) is 18.9. The van der Waals surface area contributed by atoms with Gasteiger partial charge in [0.2, 0.25) is 10.0 Å². The number of carbonyl (C=O) groups is 1. The van der Waals surface area contributed by atoms with Gasteiger partial charge in [-0.3, -0.25) is 9.10 Å². The molecule has 0 aliphatic carbocycles. The van der Waals surface area contributed by atoms with Crippen molar-refractivity contribution < 1.29 is 13.2 Å². The van der Waals surface area contributed by atoms with E-state index in [-0.39, 0.29) is 11.7 Å². The van der Waals surface area contributed by atoms with Crippen molar-refractivity contribution in [3.63, 3.8) is 0 Å². The van der Waals surface area contributed by atoms with Crippen LogP contribution >= 0.6 is 0 Å². The van der Waals surface area contributed by atoms with Gasteiger partial charge in [-0.2, -0.15) is 0 Å². The van der Waals surface area contributed by atoms with Crippen LogP contribution in [0.1, 0.15) is 53.5 Å². The number of amides is 1. The fourth-order valence-corrected chi connectivity index (χ4v) is 5.82. The summed E-state index contributed by atoms with van der Waals surface area (Å²) < 4.78 is 27.7. The van der Waals surface area contributed by atoms with E-state index < -0.39 is 10.0 Å². The van der Waals surface area contributed by atoms with Gasteiger partial charge in [0.1, 0.15) is 0 Å². The van der Waals surface area contributed by atoms with Crippen molar-refractivity contribution in [1.29, 1.82) is 0 Å². The highest BCUT2D eigenvalue weighted by atomic mass is 32.2. The van der Waals surface area contributed by atoms with Crippen LogP contribution in [0.5, 0.6) is 0 Å². The number of sulfonamides is 1. The molecule has 0 spiro atoms. The molecular formula is C25H29N3O3S. The number of anilines is 2. The number of aryl methyl sites for hydroxylation is 1. The summed E-state index contributed by atoms with van der Waals surface area (Å²) >= 11 is 0. The number of benzene rings is 2. The van der Waals surface area contributed by atoms with Gasteiger partial charge < -0.3 is 9.88 Å². The van der Waals surface area contributed by atoms with Gasteiger partial charge in [-0.15, -0.1) is 0 Å². The maximum Gasteiger partial charge on any atom is 0.257 e. The van der Waals surface area contributed by atoms with Crippen molar-refractivity contribution in [2.24, 2.45) is 0 Å². The van der Waals surface area contributed by atoms with Gasteiger partial charge in [0.05, 0.1) is 17.0 Å². The number of hydrogen-bond acceptors (Lipinski definition) is 3. The minimum Gasteiger partial charge on any atom is -0.322 e. The van der Waals surface area contributed by atoms with E-state index in [4.69, 9.17) is 0 Å². The number of nitrogens with zero attached hydrogens (tertiary/aromatic N) is 2. The van der Waals surface area contributed by atoms with Crippen LogP contribution in [0.3, 0.4) is 0 Å². The third kappa shape index (κ3) is 4.17. The minimum atomic E-state index is -3.22. The molecule has 1 aliphatic rings. The highest BCUT2D eigenvalue weighted by Crippen LogP contribution is 2.27. The first-order chi connectivity index (χ1) is 15.2. The van der Waals surface area contributed by atoms with Crippen molar-refractivity contribution in [3.05, 3.63) is 77.1 Å². The molecule has 1 aromatic heterocycles. The van der Waals surface area contributed by atoms with Gasteiger partial charge in [-0.1, -0.05) is 26.0 Å². The molecule has 1 fully saturated rings. The molecule has 2 aromatic carbocycles. The summed E-state index contributed by atoms with van der Waals surface area (Å²) in [7, 11) is -3.22. The number of nitrogens with one attached hydrogen (secondary N) is 1. The molecule has 1 amide bonds. The normalized spacial score (nSPS) is 15.3. The monoisotopic (exact) mass is 451 g/mol. The Morgan fingerprint density at radius 1 is 1.00 bits per heavy atom. The topological polar surface area (TPSA) is 71.4 Å². The number of carbonyl (C=O) groups excluding carboxylic acids is 1. The number of hydrogen-bond donors (Lipinski definition) is 1. The SMILES string of the molecule is Cc1cc(C(=O)Nc2ccc(N3CCCS3(=O)=O)cc2)c(C)n1-c1cccc(C(C)C)c1. The lowest BCUT2D eigenvalue weighted by atomic mass is 10.0. The zero-order chi connectivity index (χ0) is 23.0. The molecule has 6 nitrogen and oxygen atoms in total. The van der Waals surface area contributed by atoms with Gasteiger partial charge in [-0.05, 0) is 74.2 Å². The molecule has 2 heterocycles. The lowest BCUT2D eigenvalue weighted by Crippen LogP contribution is -2.25. The highest BCUT2D eigenvalue weighted by Gasteiger charge is 2.28. The van der Waals surface area contributed by atoms with Crippen LogP contribution in [0, 0.1) is 13.8 Å². The Labute approximate surface area is 189 Å². The average Bonchev–Trinajstić information content (AvgIpc) is 3.26. The van der Waals surface area contributed by atoms with Gasteiger partial charge in [0.25, 0.3) is 5.91 Å². The molecule has 0 unspecified atom stereocenters. The van der Waals surface area contributed by atoms with Crippen LogP contribution in [0.15, 0.2) is 54.6 Å². The molecule has 0 atom stereocenters. The van der Waals surface area contributed by atoms with E-state index in [0.29, 0.717) is 35.8 Å². The van der Waals surface area contributed by atoms with E-state index in [1.807, 2.05) is 26.0 Å². The molecule has 168 valence electrons. The fourth-order valence-electron chi connectivity index (χ4n) is 4.25. The molecule has 0 saturated carbocycles. The summed E-state index contributed by atoms with van der Waals surface area (Å²) in [4.78, 5) is 13.0. The molecule has 3 aromatic rings. The third-order valence-electron chi connectivity index (χ3n) is 5.98. The average molecular weight is 452 g/mol. The van der Waals surface area contributed by atoms with Crippen molar-refractivity contribution in [1.82, 2.24) is 4.57 Å². The second-order valence-electron chi connectivity index (χ2n) is 8.61. The van der Waals surface area contributed by atoms with E-state index in [2.05, 4.69) is 41.9 Å². The predicted octanol–water partition coefficient (Wildman–Crippen LogP) is 5.01. The first-order valence-corrected chi connectivity index (χ1v) is 12.5. The quantitative estimate of drug-likeness (QED) is 0.593. The summed E-state index contributed by atoms with van der Waals surface area (Å²) in [5, 5.41) is 2.94. The van der Waals surface area contributed by atoms with Crippen molar-refractivity contribution >= 4 is 27.3 Å². The van der Waals surface area contributed by atoms with Gasteiger partial charge in [0, 0.05) is 29.3 Å². The van der Waals surface area contributed by atoms with E-state index in [1.54, 1.807) is 24.3 Å². The Bertz CT molecular complexity index is 1260. The second kappa shape index (κ2) is 8.47. The fraction of sp³-hybridized carbons (Fsp3) is 0.320. The van der Waals surface area contributed by atoms with Crippen LogP contribution < -0.4 is 9.62 Å². The van der Waals surface area contributed by atoms with Crippen LogP contribution in [-0.4, -0.2) is 31.2 Å². The molecule has 4 rings (SSSR count). The van der Waals surface area contributed by atoms with Crippen molar-refractivity contribution in [3.8, 4) is 5.69 Å². The van der Waals surface area contributed by atoms with Crippen LogP contribution in [0.25, 0.3) is 5.69 Å². The summed E-state index contributed by atoms with van der Waals surface area (Å²) in [6.07, 6.45) is 0.635. The lowest BCUT2D eigenvalue weighted by molar-refractivity contribution is 0.102. The van der Waals surface area contributed by atoms with Crippen molar-refractivity contribution in [2.75, 3.05) is 21.9 Å². The van der Waals surface area contributed by atoms with E-state index in [1.165, 1.54) is 9.87 Å². The summed E-state index contributed by atoms with van der Waals surface area (Å²) in [5.74, 6) is 0.416. The van der Waals surface area contributed by atoms with Crippen LogP contribution in [0.4, 0.5) is 11.4 Å². The molecule has 0 bridgehead atoms. The molecule has 1 N–H and O–H groups in total. The predicted molar refractivity (Wildman–Crippen MR) is 129 cm³/mol. The molecule has 32 heavy (non-hydrogen) atoms. The van der Waals surface area contributed by atoms with Crippen LogP contribution in [-0.2, 0) is 10.0 Å². The highest BCUT2D eigenvalue weighted by molar-refractivity contribution is 7.93. The van der Waals surface area contributed by atoms with Crippen LogP contribution in [0.2, 0.25) is 0 Å². The first-order valence-electron chi connectivity index (χ1n) is 10.9. The lowest BCUT2D eigenvalue weighted by Gasteiger charge is -2.17. The maximum absolute atomic E-state index is 13.0. The summed E-state index contributed by atoms with van der Waals surface area (Å²) in [6, 6.07) is 17.2. The standard InChI is InChI=1S/C25H29N3O3S/c1-17(2)20-7-5-8-23(16-20)28-18(3)15-24(19(28)4)25(29)26-21-9-11-22(12-10-21)27-13-6-14-32(27,30)31/h5,7-12,15-17H,6,13-14H2,1-4H3,(H,26,29). The Morgan fingerprint density at radius 2 is 1.72 bits per heavy atom. The zero-order valence-corrected chi connectivity index (χ0v) is 19.7. The Balaban J connectivity index is 1.56. The van der Waals surface area contributed by atoms with Gasteiger partial charge >= 0.3 is 0 Å². The molecule has 1 saturated heterocycles. The smallest absolute Gasteiger partial charge is 0.257 e. The summed E-state index contributed by atoms with van der Waals surface area (Å²) in [5.41, 5.74) is 6.03. The summed E-state index contributed by atoms with van der Waals surface area (Å²) in [6.45, 7) is 8.77. The third-order valence-corrected chi connectivity index (χ3v) is 7.85. The van der Waals surface area contributed by atoms with E-state index in [0.717, 1.165) is 17.1 Å². The largest absolute Gasteiger partial charge is 0.322 e. The van der Waals surface area contributed by atoms with Gasteiger partial charge in [0.15, 0.2) is 0 Å². The minimum absolute atomic E-state index is 0.182. The Hall–Kier alpha value is -3.06. The van der Waals surface area contributed by atoms with Gasteiger partial charge in [-0.25, -0.2) is 8.42 Å². The second-order valence-corrected chi connectivity index (χ2v) is 10.6. The number of rotatable bonds is 5. The Kier molecular flexibility index (Phi) is 5.86. The maximum atomic E-state index is 13.0.